The number of carbonyl (C=O) groups excluding carboxylic acids is 1. The van der Waals surface area contributed by atoms with Crippen LogP contribution in [-0.2, 0) is 10.9 Å². The van der Waals surface area contributed by atoms with Crippen LogP contribution in [0.2, 0.25) is 0 Å². The summed E-state index contributed by atoms with van der Waals surface area (Å²) in [7, 11) is 0. The van der Waals surface area contributed by atoms with Crippen molar-refractivity contribution in [2.75, 3.05) is 13.2 Å². The fourth-order valence-electron chi connectivity index (χ4n) is 1.40. The maximum atomic E-state index is 12.3. The Bertz CT molecular complexity index is 382. The Morgan fingerprint density at radius 3 is 2.28 bits per heavy atom. The van der Waals surface area contributed by atoms with Gasteiger partial charge in [0, 0.05) is 18.6 Å². The lowest BCUT2D eigenvalue weighted by Crippen LogP contribution is -2.08. The summed E-state index contributed by atoms with van der Waals surface area (Å²) >= 11 is 0. The molecule has 0 fully saturated rings. The first-order chi connectivity index (χ1) is 8.45. The molecule has 0 saturated carbocycles. The molecule has 0 spiro atoms. The molecule has 0 bridgehead atoms. The van der Waals surface area contributed by atoms with Crippen LogP contribution in [0.25, 0.3) is 0 Å². The molecule has 0 aliphatic rings. The third-order valence-electron chi connectivity index (χ3n) is 2.36. The summed E-state index contributed by atoms with van der Waals surface area (Å²) in [5.74, 6) is -0.208. The van der Waals surface area contributed by atoms with Crippen LogP contribution in [0.5, 0.6) is 0 Å². The Kier molecular flexibility index (Phi) is 5.34. The topological polar surface area (TPSA) is 26.3 Å². The fourth-order valence-corrected chi connectivity index (χ4v) is 1.40. The van der Waals surface area contributed by atoms with Crippen molar-refractivity contribution >= 4 is 5.78 Å². The molecule has 0 aromatic heterocycles. The minimum atomic E-state index is -4.37. The van der Waals surface area contributed by atoms with Gasteiger partial charge in [0.05, 0.1) is 12.2 Å². The summed E-state index contributed by atoms with van der Waals surface area (Å²) in [6.07, 6.45) is -3.31. The first-order valence-electron chi connectivity index (χ1n) is 5.73. The first kappa shape index (κ1) is 14.7. The van der Waals surface area contributed by atoms with Crippen LogP contribution in [0.15, 0.2) is 24.3 Å². The number of benzene rings is 1. The van der Waals surface area contributed by atoms with E-state index in [9.17, 15) is 18.0 Å². The highest BCUT2D eigenvalue weighted by atomic mass is 19.4. The Labute approximate surface area is 104 Å². The zero-order chi connectivity index (χ0) is 13.6. The van der Waals surface area contributed by atoms with Crippen LogP contribution >= 0.6 is 0 Å². The zero-order valence-corrected chi connectivity index (χ0v) is 10.1. The number of ketones is 1. The van der Waals surface area contributed by atoms with Gasteiger partial charge in [-0.1, -0.05) is 19.1 Å². The predicted molar refractivity (Wildman–Crippen MR) is 61.5 cm³/mol. The van der Waals surface area contributed by atoms with Crippen molar-refractivity contribution in [2.24, 2.45) is 0 Å². The van der Waals surface area contributed by atoms with Gasteiger partial charge in [0.15, 0.2) is 5.78 Å². The Morgan fingerprint density at radius 1 is 1.17 bits per heavy atom. The SMILES string of the molecule is CCCOCCC(=O)c1ccc(C(F)(F)F)cc1. The number of carbonyl (C=O) groups is 1. The molecule has 18 heavy (non-hydrogen) atoms. The Morgan fingerprint density at radius 2 is 1.78 bits per heavy atom. The van der Waals surface area contributed by atoms with Gasteiger partial charge in [-0.15, -0.1) is 0 Å². The van der Waals surface area contributed by atoms with E-state index in [1.165, 1.54) is 12.1 Å². The van der Waals surface area contributed by atoms with E-state index in [-0.39, 0.29) is 17.8 Å². The average Bonchev–Trinajstić information content (AvgIpc) is 2.33. The van der Waals surface area contributed by atoms with Gasteiger partial charge in [0.2, 0.25) is 0 Å². The van der Waals surface area contributed by atoms with Gasteiger partial charge in [0.25, 0.3) is 0 Å². The lowest BCUT2D eigenvalue weighted by atomic mass is 10.1. The summed E-state index contributed by atoms with van der Waals surface area (Å²) in [5, 5.41) is 0. The smallest absolute Gasteiger partial charge is 0.381 e. The summed E-state index contributed by atoms with van der Waals surface area (Å²) < 4.78 is 42.1. The zero-order valence-electron chi connectivity index (χ0n) is 10.1. The normalized spacial score (nSPS) is 11.6. The van der Waals surface area contributed by atoms with Gasteiger partial charge >= 0.3 is 6.18 Å². The third-order valence-corrected chi connectivity index (χ3v) is 2.36. The second-order valence-corrected chi connectivity index (χ2v) is 3.86. The molecule has 0 aliphatic carbocycles. The maximum Gasteiger partial charge on any atom is 0.416 e. The highest BCUT2D eigenvalue weighted by Crippen LogP contribution is 2.29. The van der Waals surface area contributed by atoms with Crippen LogP contribution in [0.1, 0.15) is 35.7 Å². The molecule has 0 unspecified atom stereocenters. The second-order valence-electron chi connectivity index (χ2n) is 3.86. The quantitative estimate of drug-likeness (QED) is 0.575. The highest BCUT2D eigenvalue weighted by Gasteiger charge is 2.30. The van der Waals surface area contributed by atoms with E-state index in [2.05, 4.69) is 0 Å². The van der Waals surface area contributed by atoms with Gasteiger partial charge in [0.1, 0.15) is 0 Å². The third kappa shape index (κ3) is 4.49. The van der Waals surface area contributed by atoms with E-state index in [0.29, 0.717) is 13.2 Å². The molecule has 1 rings (SSSR count). The molecular weight excluding hydrogens is 245 g/mol. The van der Waals surface area contributed by atoms with Gasteiger partial charge in [-0.2, -0.15) is 13.2 Å². The van der Waals surface area contributed by atoms with E-state index in [0.717, 1.165) is 18.6 Å². The number of halogens is 3. The van der Waals surface area contributed by atoms with Crippen molar-refractivity contribution in [1.82, 2.24) is 0 Å². The van der Waals surface area contributed by atoms with Crippen molar-refractivity contribution in [3.05, 3.63) is 35.4 Å². The van der Waals surface area contributed by atoms with E-state index in [1.54, 1.807) is 0 Å². The lowest BCUT2D eigenvalue weighted by Gasteiger charge is -2.07. The van der Waals surface area contributed by atoms with E-state index in [4.69, 9.17) is 4.74 Å². The van der Waals surface area contributed by atoms with Gasteiger partial charge in [-0.05, 0) is 18.6 Å². The molecule has 0 atom stereocenters. The molecule has 1 aromatic rings. The second kappa shape index (κ2) is 6.54. The molecule has 0 aliphatic heterocycles. The van der Waals surface area contributed by atoms with Crippen molar-refractivity contribution in [1.29, 1.82) is 0 Å². The van der Waals surface area contributed by atoms with E-state index < -0.39 is 11.7 Å². The van der Waals surface area contributed by atoms with Crippen molar-refractivity contribution < 1.29 is 22.7 Å². The minimum Gasteiger partial charge on any atom is -0.381 e. The number of hydrogen-bond donors (Lipinski definition) is 0. The van der Waals surface area contributed by atoms with Crippen LogP contribution in [0.4, 0.5) is 13.2 Å². The molecular formula is C13H15F3O2. The number of alkyl halides is 3. The van der Waals surface area contributed by atoms with Gasteiger partial charge < -0.3 is 4.74 Å². The van der Waals surface area contributed by atoms with E-state index in [1.807, 2.05) is 6.92 Å². The number of hydrogen-bond acceptors (Lipinski definition) is 2. The van der Waals surface area contributed by atoms with Crippen molar-refractivity contribution in [3.8, 4) is 0 Å². The van der Waals surface area contributed by atoms with E-state index >= 15 is 0 Å². The summed E-state index contributed by atoms with van der Waals surface area (Å²) in [6, 6.07) is 4.23. The molecule has 0 saturated heterocycles. The minimum absolute atomic E-state index is 0.186. The fraction of sp³-hybridized carbons (Fsp3) is 0.462. The van der Waals surface area contributed by atoms with Crippen LogP contribution < -0.4 is 0 Å². The predicted octanol–water partition coefficient (Wildman–Crippen LogP) is 3.70. The molecule has 0 amide bonds. The van der Waals surface area contributed by atoms with Crippen LogP contribution in [0, 0.1) is 0 Å². The van der Waals surface area contributed by atoms with Crippen LogP contribution in [0.3, 0.4) is 0 Å². The number of Topliss-reactive ketones (excluding diaryl/α,β-unsaturated/α-hetero) is 1. The van der Waals surface area contributed by atoms with Crippen molar-refractivity contribution in [2.45, 2.75) is 25.9 Å². The molecule has 0 radical (unpaired) electrons. The average molecular weight is 260 g/mol. The summed E-state index contributed by atoms with van der Waals surface area (Å²) in [5.41, 5.74) is -0.468. The molecule has 100 valence electrons. The molecule has 0 N–H and O–H groups in total. The Hall–Kier alpha value is -1.36. The standard InChI is InChI=1S/C13H15F3O2/c1-2-8-18-9-7-12(17)10-3-5-11(6-4-10)13(14,15)16/h3-6H,2,7-9H2,1H3. The summed E-state index contributed by atoms with van der Waals surface area (Å²) in [4.78, 5) is 11.6. The van der Waals surface area contributed by atoms with Crippen molar-refractivity contribution in [3.63, 3.8) is 0 Å². The summed E-state index contributed by atoms with van der Waals surface area (Å²) in [6.45, 7) is 2.84. The molecule has 1 aromatic carbocycles. The van der Waals surface area contributed by atoms with Gasteiger partial charge in [-0.25, -0.2) is 0 Å². The maximum absolute atomic E-state index is 12.3. The van der Waals surface area contributed by atoms with Crippen LogP contribution in [-0.4, -0.2) is 19.0 Å². The largest absolute Gasteiger partial charge is 0.416 e. The Balaban J connectivity index is 2.54. The molecule has 5 heteroatoms. The van der Waals surface area contributed by atoms with Gasteiger partial charge in [-0.3, -0.25) is 4.79 Å². The first-order valence-corrected chi connectivity index (χ1v) is 5.73. The lowest BCUT2D eigenvalue weighted by molar-refractivity contribution is -0.137. The number of ether oxygens (including phenoxy) is 1. The molecule has 0 heterocycles. The highest BCUT2D eigenvalue weighted by molar-refractivity contribution is 5.96. The monoisotopic (exact) mass is 260 g/mol. The number of rotatable bonds is 6. The molecule has 2 nitrogen and oxygen atoms in total.